The van der Waals surface area contributed by atoms with Crippen molar-refractivity contribution in [2.24, 2.45) is 0 Å². The van der Waals surface area contributed by atoms with Crippen LogP contribution in [0.4, 0.5) is 5.00 Å². The highest BCUT2D eigenvalue weighted by Crippen LogP contribution is 2.22. The molecule has 1 aromatic rings. The lowest BCUT2D eigenvalue weighted by atomic mass is 10.5. The molecule has 0 aromatic carbocycles. The van der Waals surface area contributed by atoms with E-state index in [1.807, 2.05) is 0 Å². The topological polar surface area (TPSA) is 0 Å². The average Bonchev–Trinajstić information content (AvgIpc) is 2.08. The van der Waals surface area contributed by atoms with Gasteiger partial charge in [0, 0.05) is 6.07 Å². The third-order valence-electron chi connectivity index (χ3n) is 1.17. The maximum Gasteiger partial charge on any atom is 0.187 e. The summed E-state index contributed by atoms with van der Waals surface area (Å²) in [5, 5.41) is 3.51. The first-order valence-corrected chi connectivity index (χ1v) is 3.84. The standard InChI is InChI=1S/C7H12NS/c1-8(2,3)7-5-4-6-9-7/h4-6H,1-3H3/q+1. The minimum absolute atomic E-state index is 0.928. The van der Waals surface area contributed by atoms with Gasteiger partial charge >= 0.3 is 0 Å². The van der Waals surface area contributed by atoms with Gasteiger partial charge in [0.25, 0.3) is 0 Å². The first kappa shape index (κ1) is 6.78. The van der Waals surface area contributed by atoms with Gasteiger partial charge in [0.1, 0.15) is 0 Å². The van der Waals surface area contributed by atoms with Gasteiger partial charge in [-0.1, -0.05) is 11.3 Å². The Labute approximate surface area is 60.1 Å². The highest BCUT2D eigenvalue weighted by molar-refractivity contribution is 7.13. The maximum atomic E-state index is 2.17. The Morgan fingerprint density at radius 2 is 2.00 bits per heavy atom. The molecule has 9 heavy (non-hydrogen) atoms. The quantitative estimate of drug-likeness (QED) is 0.526. The Morgan fingerprint density at radius 3 is 2.22 bits per heavy atom. The SMILES string of the molecule is C[N+](C)(C)c1cccs1. The zero-order valence-corrected chi connectivity index (χ0v) is 6.90. The fourth-order valence-corrected chi connectivity index (χ4v) is 1.42. The third-order valence-corrected chi connectivity index (χ3v) is 2.39. The highest BCUT2D eigenvalue weighted by atomic mass is 32.1. The fraction of sp³-hybridized carbons (Fsp3) is 0.429. The molecule has 0 saturated heterocycles. The van der Waals surface area contributed by atoms with E-state index in [0.29, 0.717) is 0 Å². The summed E-state index contributed by atoms with van der Waals surface area (Å²) in [5.74, 6) is 0. The van der Waals surface area contributed by atoms with Crippen molar-refractivity contribution in [1.82, 2.24) is 4.48 Å². The van der Waals surface area contributed by atoms with Crippen molar-refractivity contribution in [3.63, 3.8) is 0 Å². The van der Waals surface area contributed by atoms with Crippen LogP contribution < -0.4 is 4.48 Å². The summed E-state index contributed by atoms with van der Waals surface area (Å²) in [6.07, 6.45) is 0. The monoisotopic (exact) mass is 142 g/mol. The van der Waals surface area contributed by atoms with Crippen LogP contribution in [0.2, 0.25) is 0 Å². The molecule has 0 N–H and O–H groups in total. The second-order valence-corrected chi connectivity index (χ2v) is 3.89. The summed E-state index contributed by atoms with van der Waals surface area (Å²) >= 11 is 1.80. The van der Waals surface area contributed by atoms with Gasteiger partial charge in [-0.05, 0) is 11.4 Å². The van der Waals surface area contributed by atoms with Crippen LogP contribution in [0.15, 0.2) is 17.5 Å². The second kappa shape index (κ2) is 2.12. The Kier molecular flexibility index (Phi) is 1.60. The van der Waals surface area contributed by atoms with Gasteiger partial charge in [-0.25, -0.2) is 0 Å². The molecule has 0 saturated carbocycles. The van der Waals surface area contributed by atoms with Crippen LogP contribution in [-0.4, -0.2) is 21.1 Å². The van der Waals surface area contributed by atoms with Crippen molar-refractivity contribution >= 4 is 16.3 Å². The molecule has 0 amide bonds. The summed E-state index contributed by atoms with van der Waals surface area (Å²) in [4.78, 5) is 0. The smallest absolute Gasteiger partial charge is 0.187 e. The molecule has 1 heterocycles. The van der Waals surface area contributed by atoms with Gasteiger partial charge in [0.2, 0.25) is 0 Å². The Hall–Kier alpha value is -0.340. The van der Waals surface area contributed by atoms with Crippen molar-refractivity contribution in [2.75, 3.05) is 21.1 Å². The molecule has 0 atom stereocenters. The minimum Gasteiger partial charge on any atom is -0.290 e. The number of rotatable bonds is 1. The first-order chi connectivity index (χ1) is 4.11. The molecular weight excluding hydrogens is 130 g/mol. The van der Waals surface area contributed by atoms with Gasteiger partial charge in [-0.3, -0.25) is 4.48 Å². The van der Waals surface area contributed by atoms with E-state index in [-0.39, 0.29) is 0 Å². The Morgan fingerprint density at radius 1 is 1.33 bits per heavy atom. The Balaban J connectivity index is 2.90. The van der Waals surface area contributed by atoms with Crippen molar-refractivity contribution in [1.29, 1.82) is 0 Å². The molecule has 0 aliphatic carbocycles. The number of nitrogens with zero attached hydrogens (tertiary/aromatic N) is 1. The minimum atomic E-state index is 0.928. The number of thiophene rings is 1. The van der Waals surface area contributed by atoms with Crippen LogP contribution in [-0.2, 0) is 0 Å². The van der Waals surface area contributed by atoms with Crippen LogP contribution >= 0.6 is 11.3 Å². The van der Waals surface area contributed by atoms with Crippen molar-refractivity contribution in [3.05, 3.63) is 17.5 Å². The van der Waals surface area contributed by atoms with E-state index < -0.39 is 0 Å². The van der Waals surface area contributed by atoms with Gasteiger partial charge in [-0.15, -0.1) is 0 Å². The van der Waals surface area contributed by atoms with E-state index in [4.69, 9.17) is 0 Å². The van der Waals surface area contributed by atoms with Gasteiger partial charge in [-0.2, -0.15) is 0 Å². The zero-order valence-electron chi connectivity index (χ0n) is 6.09. The van der Waals surface area contributed by atoms with Gasteiger partial charge < -0.3 is 0 Å². The largest absolute Gasteiger partial charge is 0.290 e. The van der Waals surface area contributed by atoms with Crippen molar-refractivity contribution in [3.8, 4) is 0 Å². The molecule has 50 valence electrons. The van der Waals surface area contributed by atoms with Crippen LogP contribution in [0.5, 0.6) is 0 Å². The second-order valence-electron chi connectivity index (χ2n) is 2.96. The molecule has 0 aliphatic heterocycles. The van der Waals surface area contributed by atoms with Crippen molar-refractivity contribution in [2.45, 2.75) is 0 Å². The molecule has 0 unspecified atom stereocenters. The number of quaternary nitrogens is 1. The van der Waals surface area contributed by atoms with E-state index in [1.54, 1.807) is 11.3 Å². The number of hydrogen-bond acceptors (Lipinski definition) is 1. The number of hydrogen-bond donors (Lipinski definition) is 0. The summed E-state index contributed by atoms with van der Waals surface area (Å²) in [6.45, 7) is 0. The van der Waals surface area contributed by atoms with Crippen LogP contribution in [0, 0.1) is 0 Å². The van der Waals surface area contributed by atoms with E-state index in [2.05, 4.69) is 38.7 Å². The molecular formula is C7H12NS+. The van der Waals surface area contributed by atoms with Crippen LogP contribution in [0.25, 0.3) is 0 Å². The Bertz CT molecular complexity index is 171. The molecule has 1 rings (SSSR count). The summed E-state index contributed by atoms with van der Waals surface area (Å²) < 4.78 is 0.928. The fourth-order valence-electron chi connectivity index (χ4n) is 0.652. The first-order valence-electron chi connectivity index (χ1n) is 2.96. The molecule has 0 fully saturated rings. The highest BCUT2D eigenvalue weighted by Gasteiger charge is 2.11. The normalized spacial score (nSPS) is 11.9. The lowest BCUT2D eigenvalue weighted by Crippen LogP contribution is -2.33. The predicted octanol–water partition coefficient (Wildman–Crippen LogP) is 1.94. The third kappa shape index (κ3) is 1.53. The van der Waals surface area contributed by atoms with Gasteiger partial charge in [0.05, 0.1) is 21.1 Å². The molecule has 1 nitrogen and oxygen atoms in total. The van der Waals surface area contributed by atoms with Gasteiger partial charge in [0.15, 0.2) is 5.00 Å². The lowest BCUT2D eigenvalue weighted by molar-refractivity contribution is 0.495. The zero-order chi connectivity index (χ0) is 6.91. The maximum absolute atomic E-state index is 2.17. The molecule has 0 radical (unpaired) electrons. The van der Waals surface area contributed by atoms with Crippen LogP contribution in [0.3, 0.4) is 0 Å². The molecule has 0 bridgehead atoms. The molecule has 1 aromatic heterocycles. The molecule has 0 aliphatic rings. The van der Waals surface area contributed by atoms with E-state index >= 15 is 0 Å². The summed E-state index contributed by atoms with van der Waals surface area (Å²) in [6, 6.07) is 4.24. The molecule has 0 spiro atoms. The average molecular weight is 142 g/mol. The molecule has 2 heteroatoms. The lowest BCUT2D eigenvalue weighted by Gasteiger charge is -2.20. The van der Waals surface area contributed by atoms with Crippen LogP contribution in [0.1, 0.15) is 0 Å². The van der Waals surface area contributed by atoms with E-state index in [1.165, 1.54) is 5.00 Å². The summed E-state index contributed by atoms with van der Waals surface area (Å²) in [5.41, 5.74) is 0. The van der Waals surface area contributed by atoms with Crippen molar-refractivity contribution < 1.29 is 0 Å². The summed E-state index contributed by atoms with van der Waals surface area (Å²) in [7, 11) is 6.52. The predicted molar refractivity (Wildman–Crippen MR) is 43.9 cm³/mol. The van der Waals surface area contributed by atoms with E-state index in [0.717, 1.165) is 4.48 Å². The van der Waals surface area contributed by atoms with E-state index in [9.17, 15) is 0 Å².